The maximum atomic E-state index is 13.7. The largest absolute Gasteiger partial charge is 0.312 e. The van der Waals surface area contributed by atoms with E-state index in [0.29, 0.717) is 5.69 Å². The summed E-state index contributed by atoms with van der Waals surface area (Å²) in [5, 5.41) is 22.4. The van der Waals surface area contributed by atoms with E-state index in [0.717, 1.165) is 10.9 Å². The Morgan fingerprint density at radius 2 is 2.04 bits per heavy atom. The highest BCUT2D eigenvalue weighted by molar-refractivity contribution is 5.83. The molecule has 0 aliphatic heterocycles. The molecule has 0 aliphatic rings. The molecule has 0 bridgehead atoms. The zero-order valence-electron chi connectivity index (χ0n) is 13.6. The van der Waals surface area contributed by atoms with Crippen LogP contribution in [-0.2, 0) is 18.4 Å². The SMILES string of the molecule is Cc1nn(C)c(F)c1/C=N/NC(=O)Cn1nc(C)c([N+](=O)[O-])c1C. The summed E-state index contributed by atoms with van der Waals surface area (Å²) in [5.74, 6) is -1.12. The van der Waals surface area contributed by atoms with Gasteiger partial charge in [-0.25, -0.2) is 10.1 Å². The van der Waals surface area contributed by atoms with E-state index < -0.39 is 16.8 Å². The van der Waals surface area contributed by atoms with Crippen LogP contribution < -0.4 is 5.43 Å². The predicted molar refractivity (Wildman–Crippen MR) is 82.0 cm³/mol. The van der Waals surface area contributed by atoms with Gasteiger partial charge in [-0.1, -0.05) is 0 Å². The summed E-state index contributed by atoms with van der Waals surface area (Å²) < 4.78 is 16.0. The summed E-state index contributed by atoms with van der Waals surface area (Å²) in [5.41, 5.74) is 3.19. The minimum atomic E-state index is -0.570. The van der Waals surface area contributed by atoms with Crippen molar-refractivity contribution in [2.24, 2.45) is 12.1 Å². The Balaban J connectivity index is 2.05. The normalized spacial score (nSPS) is 11.2. The van der Waals surface area contributed by atoms with Gasteiger partial charge in [0.1, 0.15) is 17.9 Å². The van der Waals surface area contributed by atoms with Crippen molar-refractivity contribution >= 4 is 17.8 Å². The fourth-order valence-corrected chi connectivity index (χ4v) is 2.24. The monoisotopic (exact) mass is 337 g/mol. The first kappa shape index (κ1) is 17.2. The topological polar surface area (TPSA) is 120 Å². The summed E-state index contributed by atoms with van der Waals surface area (Å²) >= 11 is 0. The fourth-order valence-electron chi connectivity index (χ4n) is 2.24. The number of carbonyl (C=O) groups excluding carboxylic acids is 1. The molecule has 0 fully saturated rings. The minimum absolute atomic E-state index is 0.126. The molecule has 11 heteroatoms. The van der Waals surface area contributed by atoms with Gasteiger partial charge in [0, 0.05) is 7.05 Å². The van der Waals surface area contributed by atoms with E-state index in [1.54, 1.807) is 6.92 Å². The van der Waals surface area contributed by atoms with Crippen LogP contribution in [0, 0.1) is 36.8 Å². The Morgan fingerprint density at radius 1 is 1.38 bits per heavy atom. The smallest absolute Gasteiger partial charge is 0.271 e. The average molecular weight is 337 g/mol. The molecule has 0 radical (unpaired) electrons. The molecule has 1 N–H and O–H groups in total. The van der Waals surface area contributed by atoms with Crippen molar-refractivity contribution in [2.75, 3.05) is 0 Å². The number of carbonyl (C=O) groups is 1. The molecular formula is C13H16FN7O3. The van der Waals surface area contributed by atoms with Gasteiger partial charge in [0.2, 0.25) is 5.95 Å². The second-order valence-corrected chi connectivity index (χ2v) is 5.14. The van der Waals surface area contributed by atoms with Crippen molar-refractivity contribution in [3.63, 3.8) is 0 Å². The lowest BCUT2D eigenvalue weighted by molar-refractivity contribution is -0.386. The van der Waals surface area contributed by atoms with Crippen molar-refractivity contribution in [1.82, 2.24) is 25.0 Å². The quantitative estimate of drug-likeness (QED) is 0.490. The molecular weight excluding hydrogens is 321 g/mol. The summed E-state index contributed by atoms with van der Waals surface area (Å²) in [6, 6.07) is 0. The van der Waals surface area contributed by atoms with Gasteiger partial charge in [-0.2, -0.15) is 19.7 Å². The van der Waals surface area contributed by atoms with Crippen LogP contribution in [0.1, 0.15) is 22.6 Å². The molecule has 0 spiro atoms. The van der Waals surface area contributed by atoms with Gasteiger partial charge in [-0.05, 0) is 20.8 Å². The maximum Gasteiger partial charge on any atom is 0.312 e. The molecule has 0 saturated carbocycles. The molecule has 2 rings (SSSR count). The minimum Gasteiger partial charge on any atom is -0.271 e. The van der Waals surface area contributed by atoms with Gasteiger partial charge in [0.25, 0.3) is 5.91 Å². The Kier molecular flexibility index (Phi) is 4.71. The number of nitro groups is 1. The van der Waals surface area contributed by atoms with E-state index in [4.69, 9.17) is 0 Å². The van der Waals surface area contributed by atoms with Crippen LogP contribution in [0.25, 0.3) is 0 Å². The van der Waals surface area contributed by atoms with Crippen LogP contribution in [0.15, 0.2) is 5.10 Å². The van der Waals surface area contributed by atoms with E-state index in [-0.39, 0.29) is 29.2 Å². The van der Waals surface area contributed by atoms with Crippen molar-refractivity contribution in [3.8, 4) is 0 Å². The highest BCUT2D eigenvalue weighted by atomic mass is 19.1. The lowest BCUT2D eigenvalue weighted by Gasteiger charge is -2.02. The van der Waals surface area contributed by atoms with Gasteiger partial charge in [0.15, 0.2) is 0 Å². The van der Waals surface area contributed by atoms with Crippen LogP contribution >= 0.6 is 0 Å². The van der Waals surface area contributed by atoms with E-state index in [2.05, 4.69) is 20.7 Å². The lowest BCUT2D eigenvalue weighted by Crippen LogP contribution is -2.24. The van der Waals surface area contributed by atoms with Crippen LogP contribution in [0.3, 0.4) is 0 Å². The molecule has 2 aromatic heterocycles. The van der Waals surface area contributed by atoms with Gasteiger partial charge in [0.05, 0.1) is 22.4 Å². The molecule has 0 aromatic carbocycles. The molecule has 10 nitrogen and oxygen atoms in total. The third-order valence-corrected chi connectivity index (χ3v) is 3.40. The number of nitrogens with zero attached hydrogens (tertiary/aromatic N) is 6. The number of aromatic nitrogens is 4. The third kappa shape index (κ3) is 3.29. The molecule has 2 heterocycles. The Hall–Kier alpha value is -3.11. The predicted octanol–water partition coefficient (Wildman–Crippen LogP) is 0.739. The third-order valence-electron chi connectivity index (χ3n) is 3.40. The number of hydrazone groups is 1. The van der Waals surface area contributed by atoms with Gasteiger partial charge in [-0.3, -0.25) is 19.6 Å². The van der Waals surface area contributed by atoms with Crippen LogP contribution in [0.5, 0.6) is 0 Å². The molecule has 24 heavy (non-hydrogen) atoms. The van der Waals surface area contributed by atoms with Gasteiger partial charge in [-0.15, -0.1) is 0 Å². The Labute approximate surface area is 136 Å². The zero-order valence-corrected chi connectivity index (χ0v) is 13.6. The first-order valence-electron chi connectivity index (χ1n) is 6.91. The van der Waals surface area contributed by atoms with Crippen molar-refractivity contribution < 1.29 is 14.1 Å². The number of nitrogens with one attached hydrogen (secondary N) is 1. The molecule has 0 aliphatic carbocycles. The molecule has 0 unspecified atom stereocenters. The van der Waals surface area contributed by atoms with Gasteiger partial charge >= 0.3 is 5.69 Å². The van der Waals surface area contributed by atoms with Crippen LogP contribution in [0.2, 0.25) is 0 Å². The van der Waals surface area contributed by atoms with Crippen molar-refractivity contribution in [3.05, 3.63) is 38.7 Å². The number of hydrogen-bond donors (Lipinski definition) is 1. The van der Waals surface area contributed by atoms with Crippen LogP contribution in [0.4, 0.5) is 10.1 Å². The molecule has 128 valence electrons. The van der Waals surface area contributed by atoms with Gasteiger partial charge < -0.3 is 0 Å². The second kappa shape index (κ2) is 6.56. The summed E-state index contributed by atoms with van der Waals surface area (Å²) in [6.07, 6.45) is 1.15. The zero-order chi connectivity index (χ0) is 18.0. The van der Waals surface area contributed by atoms with Crippen molar-refractivity contribution in [2.45, 2.75) is 27.3 Å². The number of hydrogen-bond acceptors (Lipinski definition) is 6. The second-order valence-electron chi connectivity index (χ2n) is 5.14. The van der Waals surface area contributed by atoms with E-state index in [9.17, 15) is 19.3 Å². The molecule has 0 atom stereocenters. The number of aryl methyl sites for hydroxylation is 3. The molecule has 2 aromatic rings. The Morgan fingerprint density at radius 3 is 2.54 bits per heavy atom. The standard InChI is InChI=1S/C13H16FN7O3/c1-7-10(13(14)19(4)17-7)5-15-16-11(22)6-20-9(3)12(21(23)24)8(2)18-20/h5H,6H2,1-4H3,(H,16,22)/b15-5+. The highest BCUT2D eigenvalue weighted by Gasteiger charge is 2.22. The van der Waals surface area contributed by atoms with E-state index in [1.165, 1.54) is 25.6 Å². The number of rotatable bonds is 5. The summed E-state index contributed by atoms with van der Waals surface area (Å²) in [4.78, 5) is 22.2. The van der Waals surface area contributed by atoms with Crippen LogP contribution in [-0.4, -0.2) is 36.6 Å². The average Bonchev–Trinajstić information content (AvgIpc) is 2.89. The molecule has 0 saturated heterocycles. The summed E-state index contributed by atoms with van der Waals surface area (Å²) in [7, 11) is 1.45. The van der Waals surface area contributed by atoms with Crippen molar-refractivity contribution in [1.29, 1.82) is 0 Å². The first-order valence-corrected chi connectivity index (χ1v) is 6.91. The number of halogens is 1. The van der Waals surface area contributed by atoms with E-state index >= 15 is 0 Å². The molecule has 1 amide bonds. The fraction of sp³-hybridized carbons (Fsp3) is 0.385. The maximum absolute atomic E-state index is 13.7. The number of amides is 1. The summed E-state index contributed by atoms with van der Waals surface area (Å²) in [6.45, 7) is 4.36. The van der Waals surface area contributed by atoms with E-state index in [1.807, 2.05) is 0 Å². The highest BCUT2D eigenvalue weighted by Crippen LogP contribution is 2.21. The first-order chi connectivity index (χ1) is 11.2. The lowest BCUT2D eigenvalue weighted by atomic mass is 10.3. The Bertz CT molecular complexity index is 837.